The molecule has 0 radical (unpaired) electrons. The van der Waals surface area contributed by atoms with Gasteiger partial charge in [-0.3, -0.25) is 9.47 Å². The predicted molar refractivity (Wildman–Crippen MR) is 154 cm³/mol. The molecule has 0 saturated carbocycles. The van der Waals surface area contributed by atoms with Crippen LogP contribution in [0.3, 0.4) is 0 Å². The minimum Gasteiger partial charge on any atom is -0.496 e. The van der Waals surface area contributed by atoms with Crippen molar-refractivity contribution in [1.29, 1.82) is 5.26 Å². The molecule has 1 unspecified atom stereocenters. The summed E-state index contributed by atoms with van der Waals surface area (Å²) in [7, 11) is 3.02. The fraction of sp³-hybridized carbons (Fsp3) is 0.452. The molecule has 1 aliphatic rings. The Hall–Kier alpha value is -4.03. The van der Waals surface area contributed by atoms with Crippen LogP contribution in [-0.4, -0.2) is 54.4 Å². The molecule has 2 aromatic carbocycles. The number of aryl methyl sites for hydroxylation is 1. The number of nitrogens with zero attached hydrogens (tertiary/aromatic N) is 3. The van der Waals surface area contributed by atoms with Gasteiger partial charge in [0.05, 0.1) is 31.4 Å². The lowest BCUT2D eigenvalue weighted by atomic mass is 9.92. The van der Waals surface area contributed by atoms with Crippen molar-refractivity contribution in [1.82, 2.24) is 9.47 Å². The van der Waals surface area contributed by atoms with E-state index in [1.165, 1.54) is 7.11 Å². The van der Waals surface area contributed by atoms with Crippen molar-refractivity contribution in [3.8, 4) is 11.8 Å². The van der Waals surface area contributed by atoms with E-state index in [-0.39, 0.29) is 12.6 Å². The fourth-order valence-electron chi connectivity index (χ4n) is 5.49. The number of carbonyl (C=O) groups excluding carboxylic acids is 2. The molecule has 4 rings (SSSR count). The van der Waals surface area contributed by atoms with E-state index < -0.39 is 17.7 Å². The van der Waals surface area contributed by atoms with Crippen LogP contribution in [0.5, 0.6) is 5.75 Å². The van der Waals surface area contributed by atoms with Crippen LogP contribution in [0.2, 0.25) is 0 Å². The highest BCUT2D eigenvalue weighted by atomic mass is 16.6. The van der Waals surface area contributed by atoms with E-state index in [1.807, 2.05) is 45.9 Å². The van der Waals surface area contributed by atoms with Crippen molar-refractivity contribution < 1.29 is 23.8 Å². The lowest BCUT2D eigenvalue weighted by Gasteiger charge is -2.37. The molecule has 9 heteroatoms. The first-order valence-electron chi connectivity index (χ1n) is 13.6. The highest BCUT2D eigenvalue weighted by molar-refractivity contribution is 5.95. The molecule has 0 spiro atoms. The average molecular weight is 547 g/mol. The molecule has 1 aliphatic heterocycles. The van der Waals surface area contributed by atoms with Crippen molar-refractivity contribution in [2.45, 2.75) is 65.1 Å². The van der Waals surface area contributed by atoms with E-state index in [0.717, 1.165) is 64.8 Å². The van der Waals surface area contributed by atoms with Crippen LogP contribution in [0.1, 0.15) is 73.1 Å². The number of nitriles is 1. The number of methoxy groups -OCH3 is 2. The number of piperidine rings is 1. The zero-order chi connectivity index (χ0) is 29.0. The van der Waals surface area contributed by atoms with Crippen LogP contribution < -0.4 is 10.1 Å². The molecule has 0 aliphatic carbocycles. The molecule has 40 heavy (non-hydrogen) atoms. The van der Waals surface area contributed by atoms with Gasteiger partial charge in [-0.25, -0.2) is 9.59 Å². The number of hydrogen-bond donors (Lipinski definition) is 1. The maximum Gasteiger partial charge on any atom is 0.419 e. The minimum atomic E-state index is -0.612. The maximum absolute atomic E-state index is 13.0. The van der Waals surface area contributed by atoms with Crippen molar-refractivity contribution in [2.24, 2.45) is 0 Å². The van der Waals surface area contributed by atoms with Gasteiger partial charge in [0.1, 0.15) is 17.9 Å². The average Bonchev–Trinajstić information content (AvgIpc) is 3.38. The van der Waals surface area contributed by atoms with Crippen LogP contribution in [-0.2, 0) is 16.0 Å². The molecule has 1 aromatic heterocycles. The van der Waals surface area contributed by atoms with Gasteiger partial charge < -0.3 is 19.5 Å². The largest absolute Gasteiger partial charge is 0.496 e. The second-order valence-electron chi connectivity index (χ2n) is 11.1. The number of rotatable bonds is 7. The number of anilines is 1. The van der Waals surface area contributed by atoms with Crippen LogP contribution in [0.15, 0.2) is 36.5 Å². The number of ether oxygens (including phenoxy) is 3. The highest BCUT2D eigenvalue weighted by Gasteiger charge is 2.29. The molecule has 0 bridgehead atoms. The second-order valence-corrected chi connectivity index (χ2v) is 11.1. The second kappa shape index (κ2) is 12.0. The first-order chi connectivity index (χ1) is 19.1. The normalized spacial score (nSPS) is 15.9. The number of fused-ring (bicyclic) bond motifs is 1. The van der Waals surface area contributed by atoms with Gasteiger partial charge in [0.25, 0.3) is 0 Å². The number of hydrogen-bond acceptors (Lipinski definition) is 8. The molecule has 0 amide bonds. The van der Waals surface area contributed by atoms with E-state index in [4.69, 9.17) is 14.2 Å². The molecular weight excluding hydrogens is 508 g/mol. The summed E-state index contributed by atoms with van der Waals surface area (Å²) < 4.78 is 18.0. The Morgan fingerprint density at radius 2 is 1.93 bits per heavy atom. The zero-order valence-corrected chi connectivity index (χ0v) is 24.2. The van der Waals surface area contributed by atoms with Gasteiger partial charge in [0, 0.05) is 35.4 Å². The summed E-state index contributed by atoms with van der Waals surface area (Å²) in [6.07, 6.45) is 4.38. The van der Waals surface area contributed by atoms with Crippen molar-refractivity contribution >= 4 is 28.7 Å². The number of likely N-dealkylation sites (tertiary alicyclic amines) is 1. The maximum atomic E-state index is 13.0. The Balaban J connectivity index is 1.76. The molecule has 1 fully saturated rings. The van der Waals surface area contributed by atoms with Gasteiger partial charge in [-0.05, 0) is 82.5 Å². The zero-order valence-electron chi connectivity index (χ0n) is 24.2. The van der Waals surface area contributed by atoms with Gasteiger partial charge in [-0.15, -0.1) is 0 Å². The first-order valence-corrected chi connectivity index (χ1v) is 13.6. The van der Waals surface area contributed by atoms with E-state index >= 15 is 0 Å². The number of esters is 1. The molecule has 1 atom stereocenters. The monoisotopic (exact) mass is 546 g/mol. The summed E-state index contributed by atoms with van der Waals surface area (Å²) in [4.78, 5) is 27.7. The minimum absolute atomic E-state index is 0.0515. The highest BCUT2D eigenvalue weighted by Crippen LogP contribution is 2.40. The topological polar surface area (TPSA) is 106 Å². The molecule has 1 saturated heterocycles. The SMILES string of the molecule is COC(=O)c1ccc(C2CCCCN2Cc2c(OC)cc(C)c3c2ccn3C(=O)OC(C)(C)C)c(NCC#N)c1. The quantitative estimate of drug-likeness (QED) is 0.276. The Bertz CT molecular complexity index is 1450. The summed E-state index contributed by atoms with van der Waals surface area (Å²) in [5.74, 6) is 0.341. The van der Waals surface area contributed by atoms with Crippen LogP contribution in [0.4, 0.5) is 10.5 Å². The summed E-state index contributed by atoms with van der Waals surface area (Å²) >= 11 is 0. The third kappa shape index (κ3) is 6.07. The number of nitrogens with one attached hydrogen (secondary N) is 1. The third-order valence-electron chi connectivity index (χ3n) is 7.21. The number of aromatic nitrogens is 1. The number of carbonyl (C=O) groups is 2. The van der Waals surface area contributed by atoms with Gasteiger partial charge in [0.2, 0.25) is 0 Å². The molecular formula is C31H38N4O5. The van der Waals surface area contributed by atoms with Gasteiger partial charge in [-0.1, -0.05) is 12.5 Å². The predicted octanol–water partition coefficient (Wildman–Crippen LogP) is 6.19. The van der Waals surface area contributed by atoms with Gasteiger partial charge >= 0.3 is 12.1 Å². The van der Waals surface area contributed by atoms with Crippen LogP contribution >= 0.6 is 0 Å². The third-order valence-corrected chi connectivity index (χ3v) is 7.21. The van der Waals surface area contributed by atoms with E-state index in [9.17, 15) is 14.9 Å². The van der Waals surface area contributed by atoms with Crippen LogP contribution in [0.25, 0.3) is 10.9 Å². The van der Waals surface area contributed by atoms with Gasteiger partial charge in [-0.2, -0.15) is 5.26 Å². The fourth-order valence-corrected chi connectivity index (χ4v) is 5.49. The van der Waals surface area contributed by atoms with Crippen molar-refractivity contribution in [3.63, 3.8) is 0 Å². The van der Waals surface area contributed by atoms with E-state index in [2.05, 4.69) is 16.3 Å². The van der Waals surface area contributed by atoms with E-state index in [0.29, 0.717) is 12.1 Å². The lowest BCUT2D eigenvalue weighted by molar-refractivity contribution is 0.0542. The number of benzene rings is 2. The molecule has 212 valence electrons. The van der Waals surface area contributed by atoms with E-state index in [1.54, 1.807) is 30.0 Å². The lowest BCUT2D eigenvalue weighted by Crippen LogP contribution is -2.33. The smallest absolute Gasteiger partial charge is 0.419 e. The summed E-state index contributed by atoms with van der Waals surface area (Å²) in [5, 5.41) is 13.3. The Morgan fingerprint density at radius 3 is 2.60 bits per heavy atom. The first kappa shape index (κ1) is 29.0. The summed E-state index contributed by atoms with van der Waals surface area (Å²) in [6.45, 7) is 9.11. The Kier molecular flexibility index (Phi) is 8.70. The standard InChI is InChI=1S/C31H38N4O5/c1-20-17-27(38-5)24(22-12-16-35(28(20)22)30(37)40-31(2,3)4)19-34-15-8-7-9-26(34)23-11-10-21(29(36)39-6)18-25(23)33-14-13-32/h10-12,16-18,26,33H,7-9,14-15,19H2,1-6H3. The molecule has 9 nitrogen and oxygen atoms in total. The molecule has 3 aromatic rings. The Labute approximate surface area is 235 Å². The Morgan fingerprint density at radius 1 is 1.15 bits per heavy atom. The van der Waals surface area contributed by atoms with Crippen LogP contribution in [0, 0.1) is 18.3 Å². The summed E-state index contributed by atoms with van der Waals surface area (Å²) in [6, 6.07) is 11.6. The van der Waals surface area contributed by atoms with Crippen molar-refractivity contribution in [2.75, 3.05) is 32.6 Å². The molecule has 1 N–H and O–H groups in total. The van der Waals surface area contributed by atoms with Crippen molar-refractivity contribution in [3.05, 3.63) is 58.8 Å². The molecule has 2 heterocycles. The van der Waals surface area contributed by atoms with Gasteiger partial charge in [0.15, 0.2) is 0 Å². The summed E-state index contributed by atoms with van der Waals surface area (Å²) in [5.41, 5.74) is 4.31.